The predicted octanol–water partition coefficient (Wildman–Crippen LogP) is 2.23. The number of amides is 2. The minimum Gasteiger partial charge on any atom is -0.497 e. The van der Waals surface area contributed by atoms with Crippen LogP contribution in [-0.2, 0) is 14.3 Å². The summed E-state index contributed by atoms with van der Waals surface area (Å²) in [7, 11) is 2.98. The lowest BCUT2D eigenvalue weighted by Gasteiger charge is -2.12. The number of hydrogen-bond donors (Lipinski definition) is 2. The molecule has 0 aliphatic rings. The Morgan fingerprint density at radius 3 is 2.24 bits per heavy atom. The first-order chi connectivity index (χ1) is 13.8. The van der Waals surface area contributed by atoms with E-state index >= 15 is 0 Å². The van der Waals surface area contributed by atoms with E-state index < -0.39 is 18.5 Å². The zero-order valence-electron chi connectivity index (χ0n) is 16.8. The normalized spacial score (nSPS) is 10.1. The largest absolute Gasteiger partial charge is 0.497 e. The van der Waals surface area contributed by atoms with E-state index in [2.05, 4.69) is 10.6 Å². The molecule has 0 saturated heterocycles. The van der Waals surface area contributed by atoms with E-state index in [1.54, 1.807) is 30.3 Å². The fourth-order valence-electron chi connectivity index (χ4n) is 2.65. The van der Waals surface area contributed by atoms with E-state index in [0.717, 1.165) is 11.1 Å². The molecule has 0 saturated carbocycles. The molecule has 0 heterocycles. The van der Waals surface area contributed by atoms with Gasteiger partial charge in [0.2, 0.25) is 0 Å². The average Bonchev–Trinajstić information content (AvgIpc) is 2.69. The summed E-state index contributed by atoms with van der Waals surface area (Å²) in [6, 6.07) is 10.3. The Balaban J connectivity index is 1.81. The molecule has 0 radical (unpaired) electrons. The van der Waals surface area contributed by atoms with Gasteiger partial charge in [0.25, 0.3) is 11.8 Å². The standard InChI is InChI=1S/C21H24N2O6/c1-13-7-14(2)9-15(8-13)21(26)22-11-20(25)29-12-19(24)23-17-6-5-16(27-3)10-18(17)28-4/h5-10H,11-12H2,1-4H3,(H,22,26)(H,23,24). The number of benzene rings is 2. The minimum atomic E-state index is -0.723. The molecule has 154 valence electrons. The van der Waals surface area contributed by atoms with Crippen LogP contribution in [0, 0.1) is 13.8 Å². The number of ether oxygens (including phenoxy) is 3. The molecule has 0 atom stereocenters. The molecular weight excluding hydrogens is 376 g/mol. The van der Waals surface area contributed by atoms with Crippen LogP contribution in [0.2, 0.25) is 0 Å². The van der Waals surface area contributed by atoms with Crippen molar-refractivity contribution in [3.8, 4) is 11.5 Å². The second-order valence-electron chi connectivity index (χ2n) is 6.33. The van der Waals surface area contributed by atoms with Crippen LogP contribution in [0.15, 0.2) is 36.4 Å². The molecule has 2 rings (SSSR count). The van der Waals surface area contributed by atoms with E-state index in [1.165, 1.54) is 14.2 Å². The average molecular weight is 400 g/mol. The maximum absolute atomic E-state index is 12.1. The summed E-state index contributed by atoms with van der Waals surface area (Å²) in [6.45, 7) is 2.93. The molecule has 8 heteroatoms. The second kappa shape index (κ2) is 10.1. The molecular formula is C21H24N2O6. The number of methoxy groups -OCH3 is 2. The summed E-state index contributed by atoms with van der Waals surface area (Å²) in [6.07, 6.45) is 0. The molecule has 29 heavy (non-hydrogen) atoms. The summed E-state index contributed by atoms with van der Waals surface area (Å²) >= 11 is 0. The van der Waals surface area contributed by atoms with E-state index in [1.807, 2.05) is 19.9 Å². The van der Waals surface area contributed by atoms with Gasteiger partial charge in [-0.05, 0) is 38.1 Å². The summed E-state index contributed by atoms with van der Waals surface area (Å²) < 4.78 is 15.2. The van der Waals surface area contributed by atoms with Crippen molar-refractivity contribution in [2.45, 2.75) is 13.8 Å². The third-order valence-corrected chi connectivity index (χ3v) is 3.92. The Hall–Kier alpha value is -3.55. The summed E-state index contributed by atoms with van der Waals surface area (Å²) in [5, 5.41) is 5.07. The monoisotopic (exact) mass is 400 g/mol. The first-order valence-corrected chi connectivity index (χ1v) is 8.86. The van der Waals surface area contributed by atoms with Gasteiger partial charge in [0.05, 0.1) is 19.9 Å². The Bertz CT molecular complexity index is 890. The zero-order valence-corrected chi connectivity index (χ0v) is 16.8. The molecule has 0 aliphatic carbocycles. The molecule has 0 aliphatic heterocycles. The van der Waals surface area contributed by atoms with Crippen molar-refractivity contribution < 1.29 is 28.6 Å². The topological polar surface area (TPSA) is 103 Å². The van der Waals surface area contributed by atoms with E-state index in [4.69, 9.17) is 14.2 Å². The predicted molar refractivity (Wildman–Crippen MR) is 107 cm³/mol. The smallest absolute Gasteiger partial charge is 0.325 e. The highest BCUT2D eigenvalue weighted by Crippen LogP contribution is 2.28. The summed E-state index contributed by atoms with van der Waals surface area (Å²) in [4.78, 5) is 36.0. The van der Waals surface area contributed by atoms with Gasteiger partial charge in [-0.2, -0.15) is 0 Å². The van der Waals surface area contributed by atoms with Gasteiger partial charge < -0.3 is 24.8 Å². The maximum atomic E-state index is 12.1. The molecule has 0 aromatic heterocycles. The van der Waals surface area contributed by atoms with Gasteiger partial charge in [0, 0.05) is 11.6 Å². The maximum Gasteiger partial charge on any atom is 0.325 e. The number of rotatable bonds is 8. The van der Waals surface area contributed by atoms with Gasteiger partial charge in [-0.1, -0.05) is 17.2 Å². The van der Waals surface area contributed by atoms with E-state index in [-0.39, 0.29) is 12.5 Å². The molecule has 2 amide bonds. The van der Waals surface area contributed by atoms with Gasteiger partial charge in [0.15, 0.2) is 6.61 Å². The van der Waals surface area contributed by atoms with Crippen LogP contribution in [0.1, 0.15) is 21.5 Å². The van der Waals surface area contributed by atoms with Crippen molar-refractivity contribution in [1.82, 2.24) is 5.32 Å². The van der Waals surface area contributed by atoms with E-state index in [0.29, 0.717) is 22.7 Å². The highest BCUT2D eigenvalue weighted by Gasteiger charge is 2.13. The minimum absolute atomic E-state index is 0.342. The molecule has 8 nitrogen and oxygen atoms in total. The lowest BCUT2D eigenvalue weighted by molar-refractivity contribution is -0.146. The molecule has 2 aromatic carbocycles. The second-order valence-corrected chi connectivity index (χ2v) is 6.33. The van der Waals surface area contributed by atoms with Crippen molar-refractivity contribution in [1.29, 1.82) is 0 Å². The van der Waals surface area contributed by atoms with Crippen LogP contribution in [0.25, 0.3) is 0 Å². The van der Waals surface area contributed by atoms with Crippen molar-refractivity contribution in [2.24, 2.45) is 0 Å². The van der Waals surface area contributed by atoms with Crippen molar-refractivity contribution in [3.63, 3.8) is 0 Å². The lowest BCUT2D eigenvalue weighted by atomic mass is 10.1. The highest BCUT2D eigenvalue weighted by atomic mass is 16.5. The van der Waals surface area contributed by atoms with Crippen molar-refractivity contribution in [3.05, 3.63) is 53.1 Å². The molecule has 0 fully saturated rings. The zero-order chi connectivity index (χ0) is 21.4. The summed E-state index contributed by atoms with van der Waals surface area (Å²) in [5.74, 6) is -0.668. The number of carbonyl (C=O) groups excluding carboxylic acids is 3. The molecule has 0 spiro atoms. The molecule has 0 unspecified atom stereocenters. The van der Waals surface area contributed by atoms with Crippen LogP contribution >= 0.6 is 0 Å². The quantitative estimate of drug-likeness (QED) is 0.659. The Morgan fingerprint density at radius 2 is 1.62 bits per heavy atom. The Morgan fingerprint density at radius 1 is 0.931 bits per heavy atom. The highest BCUT2D eigenvalue weighted by molar-refractivity contribution is 5.97. The first-order valence-electron chi connectivity index (χ1n) is 8.86. The molecule has 2 aromatic rings. The third kappa shape index (κ3) is 6.53. The first kappa shape index (κ1) is 21.7. The SMILES string of the molecule is COc1ccc(NC(=O)COC(=O)CNC(=O)c2cc(C)cc(C)c2)c(OC)c1. The lowest BCUT2D eigenvalue weighted by Crippen LogP contribution is -2.32. The van der Waals surface area contributed by atoms with Gasteiger partial charge in [-0.15, -0.1) is 0 Å². The van der Waals surface area contributed by atoms with Crippen LogP contribution in [0.3, 0.4) is 0 Å². The summed E-state index contributed by atoms with van der Waals surface area (Å²) in [5.41, 5.74) is 2.77. The van der Waals surface area contributed by atoms with Crippen LogP contribution < -0.4 is 20.1 Å². The number of aryl methyl sites for hydroxylation is 2. The van der Waals surface area contributed by atoms with Crippen LogP contribution in [0.4, 0.5) is 5.69 Å². The number of nitrogens with one attached hydrogen (secondary N) is 2. The number of hydrogen-bond acceptors (Lipinski definition) is 6. The number of carbonyl (C=O) groups is 3. The molecule has 0 bridgehead atoms. The van der Waals surface area contributed by atoms with Gasteiger partial charge in [-0.3, -0.25) is 14.4 Å². The van der Waals surface area contributed by atoms with Gasteiger partial charge in [0.1, 0.15) is 18.0 Å². The van der Waals surface area contributed by atoms with Crippen molar-refractivity contribution >= 4 is 23.5 Å². The van der Waals surface area contributed by atoms with Crippen molar-refractivity contribution in [2.75, 3.05) is 32.7 Å². The number of esters is 1. The Labute approximate surface area is 169 Å². The van der Waals surface area contributed by atoms with Crippen LogP contribution in [-0.4, -0.2) is 45.2 Å². The van der Waals surface area contributed by atoms with Gasteiger partial charge >= 0.3 is 5.97 Å². The van der Waals surface area contributed by atoms with Gasteiger partial charge in [-0.25, -0.2) is 0 Å². The Kier molecular flexibility index (Phi) is 7.59. The van der Waals surface area contributed by atoms with E-state index in [9.17, 15) is 14.4 Å². The number of anilines is 1. The third-order valence-electron chi connectivity index (χ3n) is 3.92. The fraction of sp³-hybridized carbons (Fsp3) is 0.286. The fourth-order valence-corrected chi connectivity index (χ4v) is 2.65. The van der Waals surface area contributed by atoms with Crippen LogP contribution in [0.5, 0.6) is 11.5 Å². The molecule has 2 N–H and O–H groups in total.